The Hall–Kier alpha value is -4.73. The quantitative estimate of drug-likeness (QED) is 0.559. The fourth-order valence-electron chi connectivity index (χ4n) is 3.46. The van der Waals surface area contributed by atoms with Crippen molar-refractivity contribution in [2.24, 2.45) is 0 Å². The number of fused-ring (bicyclic) bond motifs is 2. The summed E-state index contributed by atoms with van der Waals surface area (Å²) in [5.41, 5.74) is 1.53. The van der Waals surface area contributed by atoms with Gasteiger partial charge in [-0.25, -0.2) is 4.98 Å². The number of amides is 3. The van der Waals surface area contributed by atoms with Crippen LogP contribution in [0.2, 0.25) is 0 Å². The molecule has 1 aliphatic rings. The van der Waals surface area contributed by atoms with E-state index in [1.807, 2.05) is 0 Å². The number of nitrogens with zero attached hydrogens (tertiary/aromatic N) is 3. The lowest BCUT2D eigenvalue weighted by atomic mass is 10.0. The molecule has 10 nitrogen and oxygen atoms in total. The summed E-state index contributed by atoms with van der Waals surface area (Å²) in [6.45, 7) is 7.14. The number of ether oxygens (including phenoxy) is 1. The monoisotopic (exact) mass is 459 g/mol. The summed E-state index contributed by atoms with van der Waals surface area (Å²) >= 11 is 0. The number of aromatic nitrogens is 2. The predicted octanol–water partition coefficient (Wildman–Crippen LogP) is 1.58. The van der Waals surface area contributed by atoms with Crippen LogP contribution in [-0.2, 0) is 14.4 Å². The molecule has 0 spiro atoms. The van der Waals surface area contributed by atoms with E-state index in [0.29, 0.717) is 22.5 Å². The van der Waals surface area contributed by atoms with Crippen LogP contribution in [0.5, 0.6) is 5.75 Å². The second-order valence-corrected chi connectivity index (χ2v) is 7.75. The highest BCUT2D eigenvalue weighted by molar-refractivity contribution is 6.15. The maximum atomic E-state index is 13.2. The highest BCUT2D eigenvalue weighted by Crippen LogP contribution is 2.34. The molecule has 0 bridgehead atoms. The average molecular weight is 459 g/mol. The Balaban J connectivity index is 1.68. The molecule has 0 radical (unpaired) electrons. The molecule has 0 saturated heterocycles. The van der Waals surface area contributed by atoms with E-state index in [1.54, 1.807) is 36.4 Å². The Morgan fingerprint density at radius 2 is 1.94 bits per heavy atom. The molecule has 3 aromatic rings. The second kappa shape index (κ2) is 8.66. The van der Waals surface area contributed by atoms with Crippen molar-refractivity contribution in [3.8, 4) is 16.9 Å². The molecule has 0 saturated carbocycles. The van der Waals surface area contributed by atoms with Gasteiger partial charge < -0.3 is 20.3 Å². The summed E-state index contributed by atoms with van der Waals surface area (Å²) in [6.07, 6.45) is 1.21. The molecular formula is C24H21N5O5. The van der Waals surface area contributed by atoms with E-state index in [4.69, 9.17) is 4.74 Å². The van der Waals surface area contributed by atoms with E-state index in [2.05, 4.69) is 28.8 Å². The van der Waals surface area contributed by atoms with Crippen LogP contribution in [0.4, 0.5) is 5.69 Å². The Labute approximate surface area is 194 Å². The first kappa shape index (κ1) is 22.5. The Bertz CT molecular complexity index is 1450. The minimum atomic E-state index is -0.756. The number of hydrogen-bond acceptors (Lipinski definition) is 6. The molecule has 3 amide bonds. The number of rotatable bonds is 5. The van der Waals surface area contributed by atoms with Gasteiger partial charge in [0.2, 0.25) is 0 Å². The van der Waals surface area contributed by atoms with Gasteiger partial charge in [0, 0.05) is 19.7 Å². The molecule has 2 aromatic carbocycles. The Morgan fingerprint density at radius 1 is 1.18 bits per heavy atom. The lowest BCUT2D eigenvalue weighted by molar-refractivity contribution is -0.126. The highest BCUT2D eigenvalue weighted by atomic mass is 16.5. The molecular weight excluding hydrogens is 438 g/mol. The summed E-state index contributed by atoms with van der Waals surface area (Å²) < 4.78 is 6.50. The number of anilines is 1. The van der Waals surface area contributed by atoms with Crippen molar-refractivity contribution in [3.05, 3.63) is 71.9 Å². The van der Waals surface area contributed by atoms with E-state index in [1.165, 1.54) is 25.3 Å². The standard InChI is InChI=1S/C24H21N5O5/c1-13(23(32)28(3)4)26-22(31)14(2)29-12-25-21-16(6-5-7-17(21)24(29)33)15-8-9-18-19(10-15)34-11-20(30)27-18/h5-10,12H,1-2,11H2,3-4H3,(H,26,31)(H,27,30). The molecule has 34 heavy (non-hydrogen) atoms. The number of carbonyl (C=O) groups is 3. The van der Waals surface area contributed by atoms with E-state index in [-0.39, 0.29) is 29.3 Å². The van der Waals surface area contributed by atoms with E-state index in [9.17, 15) is 19.2 Å². The molecule has 0 aliphatic carbocycles. The number of nitrogens with one attached hydrogen (secondary N) is 2. The van der Waals surface area contributed by atoms with Crippen molar-refractivity contribution in [2.45, 2.75) is 0 Å². The lowest BCUT2D eigenvalue weighted by Crippen LogP contribution is -2.36. The van der Waals surface area contributed by atoms with Crippen LogP contribution in [0.15, 0.2) is 66.4 Å². The van der Waals surface area contributed by atoms with Gasteiger partial charge in [0.1, 0.15) is 17.8 Å². The fourth-order valence-corrected chi connectivity index (χ4v) is 3.46. The van der Waals surface area contributed by atoms with Crippen LogP contribution in [0.1, 0.15) is 0 Å². The molecule has 172 valence electrons. The van der Waals surface area contributed by atoms with Gasteiger partial charge >= 0.3 is 0 Å². The number of hydrogen-bond donors (Lipinski definition) is 2. The molecule has 0 atom stereocenters. The normalized spacial score (nSPS) is 12.2. The largest absolute Gasteiger partial charge is 0.482 e. The smallest absolute Gasteiger partial charge is 0.272 e. The Kier molecular flexibility index (Phi) is 5.72. The summed E-state index contributed by atoms with van der Waals surface area (Å²) in [6, 6.07) is 10.4. The molecule has 0 unspecified atom stereocenters. The van der Waals surface area contributed by atoms with Gasteiger partial charge in [0.25, 0.3) is 23.3 Å². The maximum absolute atomic E-state index is 13.2. The van der Waals surface area contributed by atoms with Gasteiger partial charge in [-0.1, -0.05) is 31.4 Å². The summed E-state index contributed by atoms with van der Waals surface area (Å²) in [4.78, 5) is 54.8. The Morgan fingerprint density at radius 3 is 2.68 bits per heavy atom. The summed E-state index contributed by atoms with van der Waals surface area (Å²) in [5.74, 6) is -0.955. The zero-order valence-corrected chi connectivity index (χ0v) is 18.5. The first-order valence-electron chi connectivity index (χ1n) is 10.2. The van der Waals surface area contributed by atoms with Gasteiger partial charge in [-0.05, 0) is 23.8 Å². The van der Waals surface area contributed by atoms with Crippen LogP contribution in [0, 0.1) is 0 Å². The van der Waals surface area contributed by atoms with Crippen molar-refractivity contribution in [2.75, 3.05) is 26.0 Å². The van der Waals surface area contributed by atoms with Crippen molar-refractivity contribution in [3.63, 3.8) is 0 Å². The van der Waals surface area contributed by atoms with Gasteiger partial charge in [0.05, 0.1) is 22.3 Å². The summed E-state index contributed by atoms with van der Waals surface area (Å²) in [5, 5.41) is 5.35. The predicted molar refractivity (Wildman–Crippen MR) is 127 cm³/mol. The average Bonchev–Trinajstić information content (AvgIpc) is 2.82. The van der Waals surface area contributed by atoms with Crippen LogP contribution < -0.4 is 20.9 Å². The van der Waals surface area contributed by atoms with Crippen molar-refractivity contribution in [1.82, 2.24) is 19.8 Å². The molecule has 10 heteroatoms. The van der Waals surface area contributed by atoms with Gasteiger partial charge in [-0.15, -0.1) is 0 Å². The molecule has 1 aromatic heterocycles. The third kappa shape index (κ3) is 4.04. The van der Waals surface area contributed by atoms with Crippen molar-refractivity contribution >= 4 is 40.0 Å². The lowest BCUT2D eigenvalue weighted by Gasteiger charge is -2.19. The molecule has 1 aliphatic heterocycles. The van der Waals surface area contributed by atoms with E-state index >= 15 is 0 Å². The first-order valence-corrected chi connectivity index (χ1v) is 10.2. The zero-order valence-electron chi connectivity index (χ0n) is 18.5. The molecule has 2 heterocycles. The van der Waals surface area contributed by atoms with Gasteiger partial charge in [0.15, 0.2) is 6.61 Å². The van der Waals surface area contributed by atoms with Crippen LogP contribution in [-0.4, -0.2) is 52.9 Å². The van der Waals surface area contributed by atoms with Crippen molar-refractivity contribution < 1.29 is 19.1 Å². The third-order valence-corrected chi connectivity index (χ3v) is 5.19. The van der Waals surface area contributed by atoms with Crippen LogP contribution in [0.3, 0.4) is 0 Å². The minimum absolute atomic E-state index is 0.0777. The van der Waals surface area contributed by atoms with E-state index < -0.39 is 17.4 Å². The molecule has 0 fully saturated rings. The van der Waals surface area contributed by atoms with Gasteiger partial charge in [-0.3, -0.25) is 23.7 Å². The zero-order chi connectivity index (χ0) is 24.6. The maximum Gasteiger partial charge on any atom is 0.272 e. The van der Waals surface area contributed by atoms with Crippen LogP contribution >= 0.6 is 0 Å². The number of likely N-dealkylation sites (N-methyl/N-ethyl adjacent to an activating group) is 1. The molecule has 2 N–H and O–H groups in total. The highest BCUT2D eigenvalue weighted by Gasteiger charge is 2.20. The molecule has 4 rings (SSSR count). The number of benzene rings is 2. The second-order valence-electron chi connectivity index (χ2n) is 7.75. The number of carbonyl (C=O) groups excluding carboxylic acids is 3. The minimum Gasteiger partial charge on any atom is -0.482 e. The van der Waals surface area contributed by atoms with Crippen molar-refractivity contribution in [1.29, 1.82) is 0 Å². The van der Waals surface area contributed by atoms with Gasteiger partial charge in [-0.2, -0.15) is 0 Å². The fraction of sp³-hybridized carbons (Fsp3) is 0.125. The first-order chi connectivity index (χ1) is 16.2. The summed E-state index contributed by atoms with van der Waals surface area (Å²) in [7, 11) is 3.04. The van der Waals surface area contributed by atoms with Crippen LogP contribution in [0.25, 0.3) is 27.7 Å². The SMILES string of the molecule is C=C(NC(=O)C(=C)n1cnc2c(-c3ccc4c(c3)OCC(=O)N4)cccc2c1=O)C(=O)N(C)C. The van der Waals surface area contributed by atoms with E-state index in [0.717, 1.165) is 10.1 Å². The number of para-hydroxylation sites is 1. The third-order valence-electron chi connectivity index (χ3n) is 5.19. The topological polar surface area (TPSA) is 123 Å².